The third kappa shape index (κ3) is 2.94. The standard InChI is InChI=1S/C16H17F3N2/c1-8-4-10(3)15(14(19)5-8)16(21-20)11-6-9(2)12(17)7-13(11)18/h4-7,16,21H,20H2,1-3H3. The summed E-state index contributed by atoms with van der Waals surface area (Å²) in [6, 6.07) is 4.40. The van der Waals surface area contributed by atoms with Gasteiger partial charge in [-0.15, -0.1) is 0 Å². The molecule has 1 unspecified atom stereocenters. The van der Waals surface area contributed by atoms with Crippen LogP contribution < -0.4 is 11.3 Å². The molecule has 0 saturated heterocycles. The van der Waals surface area contributed by atoms with Gasteiger partial charge in [0.05, 0.1) is 6.04 Å². The molecule has 0 spiro atoms. The lowest BCUT2D eigenvalue weighted by molar-refractivity contribution is 0.518. The fourth-order valence-corrected chi connectivity index (χ4v) is 2.52. The van der Waals surface area contributed by atoms with E-state index in [0.717, 1.165) is 11.6 Å². The number of aryl methyl sites for hydroxylation is 3. The van der Waals surface area contributed by atoms with Crippen molar-refractivity contribution in [2.24, 2.45) is 5.84 Å². The molecule has 21 heavy (non-hydrogen) atoms. The summed E-state index contributed by atoms with van der Waals surface area (Å²) >= 11 is 0. The highest BCUT2D eigenvalue weighted by molar-refractivity contribution is 5.41. The number of rotatable bonds is 3. The molecule has 112 valence electrons. The largest absolute Gasteiger partial charge is 0.271 e. The van der Waals surface area contributed by atoms with Gasteiger partial charge in [0, 0.05) is 17.2 Å². The molecule has 0 bridgehead atoms. The molecule has 1 atom stereocenters. The van der Waals surface area contributed by atoms with Gasteiger partial charge in [0.2, 0.25) is 0 Å². The first-order valence-corrected chi connectivity index (χ1v) is 6.53. The Morgan fingerprint density at radius 3 is 2.10 bits per heavy atom. The molecule has 0 aliphatic rings. The van der Waals surface area contributed by atoms with Crippen LogP contribution in [0.1, 0.15) is 33.9 Å². The molecule has 2 aromatic carbocycles. The Balaban J connectivity index is 2.63. The van der Waals surface area contributed by atoms with E-state index in [1.807, 2.05) is 0 Å². The lowest BCUT2D eigenvalue weighted by Gasteiger charge is -2.21. The molecule has 5 heteroatoms. The molecule has 0 saturated carbocycles. The van der Waals surface area contributed by atoms with Gasteiger partial charge in [0.15, 0.2) is 0 Å². The van der Waals surface area contributed by atoms with Crippen molar-refractivity contribution in [3.8, 4) is 0 Å². The number of hydrogen-bond donors (Lipinski definition) is 2. The molecule has 2 aromatic rings. The highest BCUT2D eigenvalue weighted by Crippen LogP contribution is 2.30. The van der Waals surface area contributed by atoms with Crippen molar-refractivity contribution in [1.82, 2.24) is 5.43 Å². The zero-order valence-corrected chi connectivity index (χ0v) is 12.1. The second-order valence-corrected chi connectivity index (χ2v) is 5.20. The normalized spacial score (nSPS) is 12.5. The van der Waals surface area contributed by atoms with Crippen molar-refractivity contribution in [2.75, 3.05) is 0 Å². The topological polar surface area (TPSA) is 38.0 Å². The molecule has 0 amide bonds. The molecular weight excluding hydrogens is 277 g/mol. The average molecular weight is 294 g/mol. The van der Waals surface area contributed by atoms with E-state index in [0.29, 0.717) is 5.56 Å². The first kappa shape index (κ1) is 15.5. The van der Waals surface area contributed by atoms with E-state index in [2.05, 4.69) is 5.43 Å². The van der Waals surface area contributed by atoms with E-state index in [9.17, 15) is 13.2 Å². The van der Waals surface area contributed by atoms with Crippen LogP contribution in [-0.4, -0.2) is 0 Å². The Kier molecular flexibility index (Phi) is 4.34. The smallest absolute Gasteiger partial charge is 0.131 e. The molecule has 3 N–H and O–H groups in total. The number of hydrogen-bond acceptors (Lipinski definition) is 2. The van der Waals surface area contributed by atoms with Crippen LogP contribution in [0.15, 0.2) is 24.3 Å². The number of nitrogens with one attached hydrogen (secondary N) is 1. The Morgan fingerprint density at radius 2 is 1.52 bits per heavy atom. The molecule has 0 aromatic heterocycles. The van der Waals surface area contributed by atoms with Gasteiger partial charge in [-0.05, 0) is 49.6 Å². The molecule has 0 radical (unpaired) electrons. The minimum Gasteiger partial charge on any atom is -0.271 e. The zero-order chi connectivity index (χ0) is 15.7. The van der Waals surface area contributed by atoms with Crippen LogP contribution in [0.3, 0.4) is 0 Å². The fourth-order valence-electron chi connectivity index (χ4n) is 2.52. The maximum Gasteiger partial charge on any atom is 0.131 e. The van der Waals surface area contributed by atoms with E-state index in [-0.39, 0.29) is 16.7 Å². The van der Waals surface area contributed by atoms with Gasteiger partial charge < -0.3 is 0 Å². The Morgan fingerprint density at radius 1 is 0.857 bits per heavy atom. The summed E-state index contributed by atoms with van der Waals surface area (Å²) < 4.78 is 41.7. The van der Waals surface area contributed by atoms with Gasteiger partial charge >= 0.3 is 0 Å². The third-order valence-corrected chi connectivity index (χ3v) is 3.53. The van der Waals surface area contributed by atoms with Gasteiger partial charge in [-0.25, -0.2) is 18.6 Å². The van der Waals surface area contributed by atoms with Crippen molar-refractivity contribution in [2.45, 2.75) is 26.8 Å². The predicted octanol–water partition coefficient (Wildman–Crippen LogP) is 3.58. The summed E-state index contributed by atoms with van der Waals surface area (Å²) in [6.07, 6.45) is 0. The molecular formula is C16H17F3N2. The van der Waals surface area contributed by atoms with Crippen LogP contribution in [0.5, 0.6) is 0 Å². The van der Waals surface area contributed by atoms with E-state index >= 15 is 0 Å². The first-order chi connectivity index (χ1) is 9.85. The molecule has 0 aliphatic carbocycles. The van der Waals surface area contributed by atoms with E-state index in [1.54, 1.807) is 19.9 Å². The van der Waals surface area contributed by atoms with Crippen LogP contribution in [0, 0.1) is 38.2 Å². The zero-order valence-electron chi connectivity index (χ0n) is 12.1. The second-order valence-electron chi connectivity index (χ2n) is 5.20. The van der Waals surface area contributed by atoms with Crippen molar-refractivity contribution in [3.05, 3.63) is 69.5 Å². The Hall–Kier alpha value is -1.85. The summed E-state index contributed by atoms with van der Waals surface area (Å²) in [5.41, 5.74) is 4.48. The molecule has 2 rings (SSSR count). The van der Waals surface area contributed by atoms with Crippen molar-refractivity contribution in [3.63, 3.8) is 0 Å². The first-order valence-electron chi connectivity index (χ1n) is 6.53. The maximum absolute atomic E-state index is 14.3. The van der Waals surface area contributed by atoms with Gasteiger partial charge in [-0.2, -0.15) is 0 Å². The second kappa shape index (κ2) is 5.87. The minimum absolute atomic E-state index is 0.113. The lowest BCUT2D eigenvalue weighted by atomic mass is 9.92. The number of benzene rings is 2. The van der Waals surface area contributed by atoms with Gasteiger partial charge in [-0.1, -0.05) is 6.07 Å². The molecule has 2 nitrogen and oxygen atoms in total. The number of halogens is 3. The van der Waals surface area contributed by atoms with Gasteiger partial charge in [-0.3, -0.25) is 5.84 Å². The van der Waals surface area contributed by atoms with E-state index in [4.69, 9.17) is 5.84 Å². The van der Waals surface area contributed by atoms with Gasteiger partial charge in [0.25, 0.3) is 0 Å². The highest BCUT2D eigenvalue weighted by Gasteiger charge is 2.23. The Bertz CT molecular complexity index is 660. The lowest BCUT2D eigenvalue weighted by Crippen LogP contribution is -2.31. The monoisotopic (exact) mass is 294 g/mol. The summed E-state index contributed by atoms with van der Waals surface area (Å²) in [5, 5.41) is 0. The van der Waals surface area contributed by atoms with Crippen LogP contribution in [0.2, 0.25) is 0 Å². The van der Waals surface area contributed by atoms with Gasteiger partial charge in [0.1, 0.15) is 17.5 Å². The number of hydrazine groups is 1. The fraction of sp³-hybridized carbons (Fsp3) is 0.250. The summed E-state index contributed by atoms with van der Waals surface area (Å²) in [6.45, 7) is 5.02. The summed E-state index contributed by atoms with van der Waals surface area (Å²) in [7, 11) is 0. The molecule has 0 heterocycles. The SMILES string of the molecule is Cc1cc(C)c(C(NN)c2cc(C)c(F)cc2F)c(F)c1. The van der Waals surface area contributed by atoms with Crippen LogP contribution in [0.25, 0.3) is 0 Å². The maximum atomic E-state index is 14.3. The van der Waals surface area contributed by atoms with Crippen molar-refractivity contribution < 1.29 is 13.2 Å². The minimum atomic E-state index is -0.884. The van der Waals surface area contributed by atoms with Crippen LogP contribution in [0.4, 0.5) is 13.2 Å². The van der Waals surface area contributed by atoms with Crippen LogP contribution >= 0.6 is 0 Å². The Labute approximate surface area is 121 Å². The summed E-state index contributed by atoms with van der Waals surface area (Å²) in [5.74, 6) is 3.61. The van der Waals surface area contributed by atoms with Crippen LogP contribution in [-0.2, 0) is 0 Å². The average Bonchev–Trinajstić information content (AvgIpc) is 2.38. The van der Waals surface area contributed by atoms with E-state index < -0.39 is 23.5 Å². The summed E-state index contributed by atoms with van der Waals surface area (Å²) in [4.78, 5) is 0. The third-order valence-electron chi connectivity index (χ3n) is 3.53. The van der Waals surface area contributed by atoms with Crippen molar-refractivity contribution >= 4 is 0 Å². The predicted molar refractivity (Wildman–Crippen MR) is 76.1 cm³/mol. The quantitative estimate of drug-likeness (QED) is 0.671. The number of nitrogens with two attached hydrogens (primary N) is 1. The molecule has 0 aliphatic heterocycles. The van der Waals surface area contributed by atoms with E-state index in [1.165, 1.54) is 19.1 Å². The highest BCUT2D eigenvalue weighted by atomic mass is 19.1. The van der Waals surface area contributed by atoms with Crippen molar-refractivity contribution in [1.29, 1.82) is 0 Å². The molecule has 0 fully saturated rings.